The van der Waals surface area contributed by atoms with E-state index in [1.165, 1.54) is 19.4 Å². The zero-order chi connectivity index (χ0) is 15.9. The summed E-state index contributed by atoms with van der Waals surface area (Å²) in [6.45, 7) is 1.90. The maximum absolute atomic E-state index is 11.7. The Bertz CT molecular complexity index is 699. The summed E-state index contributed by atoms with van der Waals surface area (Å²) in [5.74, 6) is 0.387. The molecule has 0 saturated carbocycles. The standard InChI is InChI=1S/C16H17N3O3/c1-11-5-3-4-6-13(11)18-16(21)19-17-10-12-7-8-14(20)15(9-12)22-2/h3-10,20H,1-2H3,(H2,18,19,21)/b17-10-. The van der Waals surface area contributed by atoms with Crippen LogP contribution in [0.1, 0.15) is 11.1 Å². The number of aryl methyl sites for hydroxylation is 1. The van der Waals surface area contributed by atoms with Gasteiger partial charge >= 0.3 is 6.03 Å². The Labute approximate surface area is 128 Å². The van der Waals surface area contributed by atoms with Crippen molar-refractivity contribution in [1.29, 1.82) is 0 Å². The number of carbonyl (C=O) groups is 1. The predicted molar refractivity (Wildman–Crippen MR) is 85.6 cm³/mol. The van der Waals surface area contributed by atoms with Crippen LogP contribution >= 0.6 is 0 Å². The van der Waals surface area contributed by atoms with Gasteiger partial charge in [0.15, 0.2) is 11.5 Å². The van der Waals surface area contributed by atoms with Crippen molar-refractivity contribution < 1.29 is 14.6 Å². The minimum atomic E-state index is -0.434. The average Bonchev–Trinajstić information content (AvgIpc) is 2.51. The van der Waals surface area contributed by atoms with Crippen LogP contribution in [0, 0.1) is 6.92 Å². The molecule has 2 amide bonds. The average molecular weight is 299 g/mol. The molecular weight excluding hydrogens is 282 g/mol. The number of nitrogens with zero attached hydrogens (tertiary/aromatic N) is 1. The van der Waals surface area contributed by atoms with Crippen molar-refractivity contribution in [3.05, 3.63) is 53.6 Å². The van der Waals surface area contributed by atoms with Crippen molar-refractivity contribution in [1.82, 2.24) is 5.43 Å². The zero-order valence-electron chi connectivity index (χ0n) is 12.3. The van der Waals surface area contributed by atoms with Gasteiger partial charge in [-0.2, -0.15) is 5.10 Å². The van der Waals surface area contributed by atoms with Gasteiger partial charge in [-0.25, -0.2) is 10.2 Å². The van der Waals surface area contributed by atoms with E-state index in [2.05, 4.69) is 15.8 Å². The van der Waals surface area contributed by atoms with E-state index in [-0.39, 0.29) is 5.75 Å². The Kier molecular flexibility index (Phi) is 4.98. The number of anilines is 1. The van der Waals surface area contributed by atoms with Gasteiger partial charge in [0.1, 0.15) is 0 Å². The van der Waals surface area contributed by atoms with Crippen LogP contribution in [0.15, 0.2) is 47.6 Å². The van der Waals surface area contributed by atoms with Crippen molar-refractivity contribution in [3.63, 3.8) is 0 Å². The Morgan fingerprint density at radius 1 is 1.27 bits per heavy atom. The van der Waals surface area contributed by atoms with Crippen LogP contribution < -0.4 is 15.5 Å². The number of phenolic OH excluding ortho intramolecular Hbond substituents is 1. The van der Waals surface area contributed by atoms with Crippen molar-refractivity contribution in [2.45, 2.75) is 6.92 Å². The van der Waals surface area contributed by atoms with Crippen molar-refractivity contribution in [2.75, 3.05) is 12.4 Å². The summed E-state index contributed by atoms with van der Waals surface area (Å²) in [6.07, 6.45) is 1.46. The highest BCUT2D eigenvalue weighted by atomic mass is 16.5. The van der Waals surface area contributed by atoms with Crippen molar-refractivity contribution >= 4 is 17.9 Å². The topological polar surface area (TPSA) is 83.0 Å². The molecule has 2 rings (SSSR count). The molecule has 3 N–H and O–H groups in total. The summed E-state index contributed by atoms with van der Waals surface area (Å²) in [6, 6.07) is 11.8. The fourth-order valence-electron chi connectivity index (χ4n) is 1.80. The second-order valence-corrected chi connectivity index (χ2v) is 4.57. The molecule has 22 heavy (non-hydrogen) atoms. The number of amides is 2. The lowest BCUT2D eigenvalue weighted by molar-refractivity contribution is 0.252. The summed E-state index contributed by atoms with van der Waals surface area (Å²) in [5.41, 5.74) is 4.75. The molecule has 0 aliphatic carbocycles. The molecular formula is C16H17N3O3. The van der Waals surface area contributed by atoms with E-state index in [1.54, 1.807) is 12.1 Å². The number of nitrogens with one attached hydrogen (secondary N) is 2. The summed E-state index contributed by atoms with van der Waals surface area (Å²) in [4.78, 5) is 11.7. The third kappa shape index (κ3) is 3.99. The minimum absolute atomic E-state index is 0.0462. The second-order valence-electron chi connectivity index (χ2n) is 4.57. The normalized spacial score (nSPS) is 10.5. The molecule has 0 radical (unpaired) electrons. The first-order valence-corrected chi connectivity index (χ1v) is 6.63. The molecule has 0 aliphatic heterocycles. The number of hydrazone groups is 1. The maximum Gasteiger partial charge on any atom is 0.339 e. The lowest BCUT2D eigenvalue weighted by Gasteiger charge is -2.07. The molecule has 114 valence electrons. The van der Waals surface area contributed by atoms with Gasteiger partial charge in [-0.05, 0) is 42.3 Å². The van der Waals surface area contributed by atoms with Gasteiger partial charge in [0.25, 0.3) is 0 Å². The lowest BCUT2D eigenvalue weighted by Crippen LogP contribution is -2.24. The zero-order valence-corrected chi connectivity index (χ0v) is 12.3. The maximum atomic E-state index is 11.7. The number of hydrogen-bond acceptors (Lipinski definition) is 4. The van der Waals surface area contributed by atoms with Crippen molar-refractivity contribution in [3.8, 4) is 11.5 Å². The van der Waals surface area contributed by atoms with Crippen LogP contribution in [0.2, 0.25) is 0 Å². The third-order valence-corrected chi connectivity index (χ3v) is 2.98. The number of phenols is 1. The quantitative estimate of drug-likeness (QED) is 0.599. The smallest absolute Gasteiger partial charge is 0.339 e. The molecule has 0 spiro atoms. The molecule has 0 bridgehead atoms. The Morgan fingerprint density at radius 2 is 2.05 bits per heavy atom. The van der Waals surface area contributed by atoms with Crippen molar-refractivity contribution in [2.24, 2.45) is 5.10 Å². The highest BCUT2D eigenvalue weighted by molar-refractivity contribution is 5.91. The Morgan fingerprint density at radius 3 is 2.77 bits per heavy atom. The lowest BCUT2D eigenvalue weighted by atomic mass is 10.2. The molecule has 2 aromatic rings. The predicted octanol–water partition coefficient (Wildman–Crippen LogP) is 2.86. The monoisotopic (exact) mass is 299 g/mol. The fraction of sp³-hybridized carbons (Fsp3) is 0.125. The third-order valence-electron chi connectivity index (χ3n) is 2.98. The highest BCUT2D eigenvalue weighted by Gasteiger charge is 2.03. The number of ether oxygens (including phenoxy) is 1. The minimum Gasteiger partial charge on any atom is -0.504 e. The highest BCUT2D eigenvalue weighted by Crippen LogP contribution is 2.25. The van der Waals surface area contributed by atoms with E-state index < -0.39 is 6.03 Å². The first-order chi connectivity index (χ1) is 10.6. The largest absolute Gasteiger partial charge is 0.504 e. The molecule has 2 aromatic carbocycles. The van der Waals surface area contributed by atoms with Gasteiger partial charge < -0.3 is 15.2 Å². The van der Waals surface area contributed by atoms with Gasteiger partial charge in [-0.15, -0.1) is 0 Å². The number of rotatable bonds is 4. The van der Waals surface area contributed by atoms with E-state index in [4.69, 9.17) is 4.74 Å². The summed E-state index contributed by atoms with van der Waals surface area (Å²) >= 11 is 0. The van der Waals surface area contributed by atoms with Gasteiger partial charge in [-0.3, -0.25) is 0 Å². The van der Waals surface area contributed by atoms with Gasteiger partial charge in [0.2, 0.25) is 0 Å². The van der Waals surface area contributed by atoms with Gasteiger partial charge in [0.05, 0.1) is 13.3 Å². The first kappa shape index (κ1) is 15.4. The number of para-hydroxylation sites is 1. The first-order valence-electron chi connectivity index (χ1n) is 6.63. The molecule has 0 saturated heterocycles. The molecule has 0 aromatic heterocycles. The van der Waals surface area contributed by atoms with E-state index in [0.29, 0.717) is 11.3 Å². The number of urea groups is 1. The number of aromatic hydroxyl groups is 1. The Hall–Kier alpha value is -3.02. The summed E-state index contributed by atoms with van der Waals surface area (Å²) in [7, 11) is 1.46. The molecule has 0 aliphatic rings. The van der Waals surface area contributed by atoms with Crippen LogP contribution in [0.3, 0.4) is 0 Å². The van der Waals surface area contributed by atoms with E-state index in [9.17, 15) is 9.90 Å². The van der Waals surface area contributed by atoms with Gasteiger partial charge in [-0.1, -0.05) is 18.2 Å². The van der Waals surface area contributed by atoms with E-state index in [0.717, 1.165) is 11.3 Å². The van der Waals surface area contributed by atoms with Gasteiger partial charge in [0, 0.05) is 5.69 Å². The number of methoxy groups -OCH3 is 1. The molecule has 0 fully saturated rings. The van der Waals surface area contributed by atoms with E-state index in [1.807, 2.05) is 31.2 Å². The number of hydrogen-bond donors (Lipinski definition) is 3. The SMILES string of the molecule is COc1cc(/C=N\NC(=O)Nc2ccccc2C)ccc1O. The van der Waals surface area contributed by atoms with Crippen LogP contribution in [0.5, 0.6) is 11.5 Å². The van der Waals surface area contributed by atoms with Crippen LogP contribution in [-0.2, 0) is 0 Å². The number of carbonyl (C=O) groups excluding carboxylic acids is 1. The molecule has 6 heteroatoms. The molecule has 0 heterocycles. The second kappa shape index (κ2) is 7.12. The molecule has 0 atom stereocenters. The fourth-order valence-corrected chi connectivity index (χ4v) is 1.80. The Balaban J connectivity index is 1.95. The number of benzene rings is 2. The van der Waals surface area contributed by atoms with Crippen LogP contribution in [0.25, 0.3) is 0 Å². The summed E-state index contributed by atoms with van der Waals surface area (Å²) < 4.78 is 4.99. The van der Waals surface area contributed by atoms with E-state index >= 15 is 0 Å². The molecule has 0 unspecified atom stereocenters. The van der Waals surface area contributed by atoms with Crippen LogP contribution in [0.4, 0.5) is 10.5 Å². The molecule has 6 nitrogen and oxygen atoms in total. The van der Waals surface area contributed by atoms with Crippen LogP contribution in [-0.4, -0.2) is 24.5 Å². The summed E-state index contributed by atoms with van der Waals surface area (Å²) in [5, 5.41) is 16.0.